The molecule has 0 bridgehead atoms. The van der Waals surface area contributed by atoms with Crippen LogP contribution in [0.5, 0.6) is 0 Å². The van der Waals surface area contributed by atoms with Gasteiger partial charge in [-0.05, 0) is 38.2 Å². The van der Waals surface area contributed by atoms with Gasteiger partial charge in [-0.15, -0.1) is 0 Å². The molecule has 1 unspecified atom stereocenters. The van der Waals surface area contributed by atoms with Gasteiger partial charge >= 0.3 is 6.03 Å². The minimum Gasteiger partial charge on any atom is -0.365 e. The number of aromatic amines is 1. The number of alkyl halides is 1. The van der Waals surface area contributed by atoms with Gasteiger partial charge in [-0.1, -0.05) is 0 Å². The number of nitrogens with one attached hydrogen (secondary N) is 3. The van der Waals surface area contributed by atoms with Crippen LogP contribution in [0.4, 0.5) is 23.8 Å². The van der Waals surface area contributed by atoms with Crippen molar-refractivity contribution in [3.8, 4) is 11.5 Å². The van der Waals surface area contributed by atoms with Crippen LogP contribution in [0.15, 0.2) is 18.5 Å². The first kappa shape index (κ1) is 21.4. The van der Waals surface area contributed by atoms with Crippen molar-refractivity contribution in [1.29, 1.82) is 0 Å². The highest BCUT2D eigenvalue weighted by molar-refractivity contribution is 5.88. The van der Waals surface area contributed by atoms with Crippen LogP contribution in [0, 0.1) is 11.6 Å². The van der Waals surface area contributed by atoms with Gasteiger partial charge in [0.2, 0.25) is 0 Å². The van der Waals surface area contributed by atoms with Crippen LogP contribution in [0.2, 0.25) is 0 Å². The summed E-state index contributed by atoms with van der Waals surface area (Å²) >= 11 is 0. The van der Waals surface area contributed by atoms with Crippen LogP contribution in [0.25, 0.3) is 22.6 Å². The molecule has 1 saturated heterocycles. The molecule has 0 aromatic carbocycles. The van der Waals surface area contributed by atoms with Crippen molar-refractivity contribution in [2.24, 2.45) is 0 Å². The molecule has 0 spiro atoms. The molecule has 9 nitrogen and oxygen atoms in total. The smallest absolute Gasteiger partial charge is 0.317 e. The predicted octanol–water partition coefficient (Wildman–Crippen LogP) is 3.17. The molecule has 0 radical (unpaired) electrons. The van der Waals surface area contributed by atoms with Crippen LogP contribution in [-0.4, -0.2) is 67.4 Å². The van der Waals surface area contributed by atoms with Gasteiger partial charge in [-0.25, -0.2) is 32.9 Å². The molecule has 33 heavy (non-hydrogen) atoms. The maximum Gasteiger partial charge on any atom is 0.317 e. The summed E-state index contributed by atoms with van der Waals surface area (Å²) in [4.78, 5) is 26.1. The van der Waals surface area contributed by atoms with E-state index in [2.05, 4.69) is 35.8 Å². The molecule has 5 rings (SSSR count). The molecule has 12 heteroatoms. The Bertz CT molecular complexity index is 1170. The number of carbonyl (C=O) groups excluding carboxylic acids is 1. The Morgan fingerprint density at radius 2 is 2.00 bits per heavy atom. The second kappa shape index (κ2) is 8.83. The fourth-order valence-electron chi connectivity index (χ4n) is 4.45. The molecular formula is C21H23F3N8O. The maximum absolute atomic E-state index is 14.5. The number of carbonyl (C=O) groups is 1. The second-order valence-corrected chi connectivity index (χ2v) is 8.50. The first-order valence-corrected chi connectivity index (χ1v) is 10.9. The fourth-order valence-corrected chi connectivity index (χ4v) is 4.45. The maximum atomic E-state index is 14.5. The van der Waals surface area contributed by atoms with Gasteiger partial charge in [0.15, 0.2) is 23.1 Å². The summed E-state index contributed by atoms with van der Waals surface area (Å²) in [5.74, 6) is -0.978. The van der Waals surface area contributed by atoms with E-state index >= 15 is 0 Å². The third-order valence-corrected chi connectivity index (χ3v) is 6.10. The van der Waals surface area contributed by atoms with Crippen molar-refractivity contribution in [3.05, 3.63) is 30.1 Å². The van der Waals surface area contributed by atoms with Crippen LogP contribution in [-0.2, 0) is 0 Å². The molecule has 1 aliphatic carbocycles. The number of likely N-dealkylation sites (tertiary alicyclic amines) is 1. The molecule has 3 aromatic rings. The van der Waals surface area contributed by atoms with E-state index < -0.39 is 17.8 Å². The molecule has 174 valence electrons. The highest BCUT2D eigenvalue weighted by Gasteiger charge is 2.29. The monoisotopic (exact) mass is 460 g/mol. The van der Waals surface area contributed by atoms with Gasteiger partial charge < -0.3 is 15.5 Å². The number of amides is 2. The van der Waals surface area contributed by atoms with Crippen molar-refractivity contribution in [3.63, 3.8) is 0 Å². The summed E-state index contributed by atoms with van der Waals surface area (Å²) in [6.45, 7) is 0.537. The lowest BCUT2D eigenvalue weighted by Crippen LogP contribution is -2.47. The lowest BCUT2D eigenvalue weighted by molar-refractivity contribution is 0.195. The number of nitrogens with zero attached hydrogens (tertiary/aromatic N) is 5. The summed E-state index contributed by atoms with van der Waals surface area (Å²) in [5.41, 5.74) is 0.641. The summed E-state index contributed by atoms with van der Waals surface area (Å²) in [5, 5.41) is 13.2. The number of pyridine rings is 1. The van der Waals surface area contributed by atoms with Crippen molar-refractivity contribution >= 4 is 22.9 Å². The molecular weight excluding hydrogens is 437 g/mol. The van der Waals surface area contributed by atoms with E-state index in [0.717, 1.165) is 31.7 Å². The largest absolute Gasteiger partial charge is 0.365 e. The van der Waals surface area contributed by atoms with E-state index in [9.17, 15) is 18.0 Å². The first-order valence-electron chi connectivity index (χ1n) is 10.9. The van der Waals surface area contributed by atoms with Crippen molar-refractivity contribution in [2.45, 2.75) is 50.4 Å². The quantitative estimate of drug-likeness (QED) is 0.552. The van der Waals surface area contributed by atoms with Gasteiger partial charge in [0.05, 0.1) is 24.3 Å². The van der Waals surface area contributed by atoms with E-state index in [-0.39, 0.29) is 36.3 Å². The molecule has 4 heterocycles. The Kier molecular flexibility index (Phi) is 5.73. The Labute approximate surface area is 187 Å². The van der Waals surface area contributed by atoms with E-state index in [4.69, 9.17) is 0 Å². The highest BCUT2D eigenvalue weighted by Crippen LogP contribution is 2.27. The molecule has 3 N–H and O–H groups in total. The van der Waals surface area contributed by atoms with Gasteiger partial charge in [0, 0.05) is 18.6 Å². The molecule has 3 atom stereocenters. The Hall–Kier alpha value is -3.44. The van der Waals surface area contributed by atoms with Crippen molar-refractivity contribution < 1.29 is 18.0 Å². The normalized spacial score (nSPS) is 23.1. The zero-order chi connectivity index (χ0) is 22.9. The Morgan fingerprint density at radius 3 is 2.82 bits per heavy atom. The summed E-state index contributed by atoms with van der Waals surface area (Å²) < 4.78 is 41.5. The Morgan fingerprint density at radius 1 is 1.15 bits per heavy atom. The molecule has 1 saturated carbocycles. The third kappa shape index (κ3) is 4.55. The number of fused-ring (bicyclic) bond motifs is 1. The van der Waals surface area contributed by atoms with E-state index in [1.54, 1.807) is 0 Å². The summed E-state index contributed by atoms with van der Waals surface area (Å²) in [6, 6.07) is 0.785. The number of hydrogen-bond acceptors (Lipinski definition) is 6. The molecule has 2 aliphatic rings. The minimum atomic E-state index is -0.967. The lowest BCUT2D eigenvalue weighted by atomic mass is 9.91. The standard InChI is InChI=1S/C21H23F3N8O/c22-11-4-5-32(10-11)21(33)28-14-3-1-2-13(7-14)27-19-16(24)9-26-20(29-19)17-15-6-12(23)8-25-18(15)31-30-17/h6,8-9,11,13-14H,1-5,7,10H2,(H,28,33)(H,25,30,31)(H,26,27,29)/t11?,13-,14+/m0/s1. The Balaban J connectivity index is 1.29. The van der Waals surface area contributed by atoms with Gasteiger partial charge in [0.25, 0.3) is 0 Å². The number of hydrogen-bond donors (Lipinski definition) is 3. The first-order chi connectivity index (χ1) is 16.0. The van der Waals surface area contributed by atoms with E-state index in [0.29, 0.717) is 36.1 Å². The summed E-state index contributed by atoms with van der Waals surface area (Å²) in [6.07, 6.45) is 4.51. The number of anilines is 1. The SMILES string of the molecule is O=C(N[C@@H]1CCC[C@H](Nc2nc(-c3[nH]nc4ncc(F)cc34)ncc2F)C1)N1CCC(F)C1. The average molecular weight is 460 g/mol. The number of aromatic nitrogens is 5. The topological polar surface area (TPSA) is 112 Å². The van der Waals surface area contributed by atoms with Crippen LogP contribution in [0.3, 0.4) is 0 Å². The molecule has 3 aromatic heterocycles. The summed E-state index contributed by atoms with van der Waals surface area (Å²) in [7, 11) is 0. The second-order valence-electron chi connectivity index (χ2n) is 8.50. The number of H-pyrrole nitrogens is 1. The van der Waals surface area contributed by atoms with Gasteiger partial charge in [-0.2, -0.15) is 5.10 Å². The van der Waals surface area contributed by atoms with Crippen LogP contribution < -0.4 is 10.6 Å². The lowest BCUT2D eigenvalue weighted by Gasteiger charge is -2.31. The average Bonchev–Trinajstić information content (AvgIpc) is 3.42. The minimum absolute atomic E-state index is 0.0175. The number of urea groups is 1. The van der Waals surface area contributed by atoms with E-state index in [1.165, 1.54) is 11.0 Å². The third-order valence-electron chi connectivity index (χ3n) is 6.10. The molecule has 1 aliphatic heterocycles. The van der Waals surface area contributed by atoms with Crippen molar-refractivity contribution in [1.82, 2.24) is 35.4 Å². The van der Waals surface area contributed by atoms with E-state index in [1.807, 2.05) is 0 Å². The zero-order valence-corrected chi connectivity index (χ0v) is 17.7. The number of halogens is 3. The molecule has 2 fully saturated rings. The highest BCUT2D eigenvalue weighted by atomic mass is 19.1. The molecule has 2 amide bonds. The van der Waals surface area contributed by atoms with Crippen molar-refractivity contribution in [2.75, 3.05) is 18.4 Å². The fraction of sp³-hybridized carbons (Fsp3) is 0.476. The number of rotatable bonds is 4. The van der Waals surface area contributed by atoms with Gasteiger partial charge in [-0.3, -0.25) is 5.10 Å². The zero-order valence-electron chi connectivity index (χ0n) is 17.7. The van der Waals surface area contributed by atoms with Crippen LogP contribution in [0.1, 0.15) is 32.1 Å². The van der Waals surface area contributed by atoms with Gasteiger partial charge in [0.1, 0.15) is 17.7 Å². The van der Waals surface area contributed by atoms with Crippen LogP contribution >= 0.6 is 0 Å². The predicted molar refractivity (Wildman–Crippen MR) is 114 cm³/mol.